The van der Waals surface area contributed by atoms with Gasteiger partial charge in [-0.1, -0.05) is 5.16 Å². The van der Waals surface area contributed by atoms with Crippen molar-refractivity contribution >= 4 is 17.5 Å². The number of carbonyl (C=O) groups is 2. The van der Waals surface area contributed by atoms with Crippen molar-refractivity contribution in [3.05, 3.63) is 29.5 Å². The van der Waals surface area contributed by atoms with Crippen molar-refractivity contribution in [2.24, 2.45) is 5.10 Å². The van der Waals surface area contributed by atoms with E-state index in [2.05, 4.69) is 10.3 Å². The van der Waals surface area contributed by atoms with Crippen LogP contribution in [0.1, 0.15) is 24.2 Å². The number of hydrazone groups is 1. The van der Waals surface area contributed by atoms with E-state index in [1.54, 1.807) is 11.9 Å². The average Bonchev–Trinajstić information content (AvgIpc) is 3.35. The molecule has 0 atom stereocenters. The number of carbonyl (C=O) groups excluding carboxylic acids is 2. The largest absolute Gasteiger partial charge is 0.454 e. The third-order valence-electron chi connectivity index (χ3n) is 5.21. The highest BCUT2D eigenvalue weighted by Gasteiger charge is 2.32. The molecule has 9 heteroatoms. The number of hydrogen-bond donors (Lipinski definition) is 0. The summed E-state index contributed by atoms with van der Waals surface area (Å²) in [5.41, 5.74) is 2.85. The highest BCUT2D eigenvalue weighted by molar-refractivity contribution is 6.39. The summed E-state index contributed by atoms with van der Waals surface area (Å²) in [6.45, 7) is 1.12. The minimum Gasteiger partial charge on any atom is -0.454 e. The van der Waals surface area contributed by atoms with E-state index < -0.39 is 0 Å². The summed E-state index contributed by atoms with van der Waals surface area (Å²) < 4.78 is 16.3. The van der Waals surface area contributed by atoms with Crippen LogP contribution in [-0.2, 0) is 22.6 Å². The number of rotatable bonds is 2. The van der Waals surface area contributed by atoms with Crippen molar-refractivity contribution in [3.63, 3.8) is 0 Å². The standard InChI is InChI=1S/C19H18N4O5/c1-22-17(24)5-3-13(20-22)19(25)23-7-6-14-12(9-23)18(21-28-14)11-2-4-15-16(8-11)27-10-26-15/h2,4,8H,3,5-7,9-10H2,1H3. The lowest BCUT2D eigenvalue weighted by atomic mass is 10.0. The van der Waals surface area contributed by atoms with Crippen molar-refractivity contribution < 1.29 is 23.6 Å². The van der Waals surface area contributed by atoms with E-state index >= 15 is 0 Å². The Morgan fingerprint density at radius 1 is 1.14 bits per heavy atom. The molecule has 0 fully saturated rings. The predicted molar refractivity (Wildman–Crippen MR) is 96.6 cm³/mol. The minimum atomic E-state index is -0.150. The Kier molecular flexibility index (Phi) is 3.81. The number of nitrogens with zero attached hydrogens (tertiary/aromatic N) is 4. The molecule has 0 aliphatic carbocycles. The Morgan fingerprint density at radius 2 is 2.00 bits per heavy atom. The molecular weight excluding hydrogens is 364 g/mol. The van der Waals surface area contributed by atoms with Crippen LogP contribution in [0.15, 0.2) is 27.8 Å². The Balaban J connectivity index is 1.42. The van der Waals surface area contributed by atoms with E-state index in [9.17, 15) is 9.59 Å². The van der Waals surface area contributed by atoms with Gasteiger partial charge in [-0.25, -0.2) is 5.01 Å². The topological polar surface area (TPSA) is 97.5 Å². The van der Waals surface area contributed by atoms with E-state index in [-0.39, 0.29) is 18.6 Å². The molecule has 4 heterocycles. The van der Waals surface area contributed by atoms with Crippen molar-refractivity contribution in [1.29, 1.82) is 0 Å². The van der Waals surface area contributed by atoms with E-state index in [1.807, 2.05) is 18.2 Å². The van der Waals surface area contributed by atoms with Crippen LogP contribution in [0.25, 0.3) is 11.3 Å². The fourth-order valence-corrected chi connectivity index (χ4v) is 3.66. The number of benzene rings is 1. The van der Waals surface area contributed by atoms with E-state index in [1.165, 1.54) is 5.01 Å². The maximum atomic E-state index is 12.9. The van der Waals surface area contributed by atoms with Gasteiger partial charge in [-0.15, -0.1) is 0 Å². The van der Waals surface area contributed by atoms with Gasteiger partial charge in [0.1, 0.15) is 17.2 Å². The van der Waals surface area contributed by atoms with Crippen molar-refractivity contribution in [2.45, 2.75) is 25.8 Å². The number of amides is 2. The zero-order chi connectivity index (χ0) is 19.3. The molecule has 0 N–H and O–H groups in total. The van der Waals surface area contributed by atoms with Gasteiger partial charge >= 0.3 is 0 Å². The molecule has 0 saturated heterocycles. The summed E-state index contributed by atoms with van der Waals surface area (Å²) in [6, 6.07) is 5.61. The average molecular weight is 382 g/mol. The van der Waals surface area contributed by atoms with Gasteiger partial charge in [0.05, 0.1) is 6.54 Å². The normalized spacial score (nSPS) is 18.2. The van der Waals surface area contributed by atoms with Gasteiger partial charge in [-0.3, -0.25) is 9.59 Å². The molecule has 5 rings (SSSR count). The molecule has 0 spiro atoms. The molecule has 28 heavy (non-hydrogen) atoms. The Bertz CT molecular complexity index is 1010. The zero-order valence-corrected chi connectivity index (χ0v) is 15.3. The fraction of sp³-hybridized carbons (Fsp3) is 0.368. The summed E-state index contributed by atoms with van der Waals surface area (Å²) in [5.74, 6) is 1.92. The molecule has 9 nitrogen and oxygen atoms in total. The quantitative estimate of drug-likeness (QED) is 0.782. The maximum absolute atomic E-state index is 12.9. The second kappa shape index (κ2) is 6.36. The van der Waals surface area contributed by atoms with Gasteiger partial charge in [0.15, 0.2) is 11.5 Å². The number of aromatic nitrogens is 1. The summed E-state index contributed by atoms with van der Waals surface area (Å²) in [5, 5.41) is 9.61. The lowest BCUT2D eigenvalue weighted by Gasteiger charge is -2.28. The third kappa shape index (κ3) is 2.70. The van der Waals surface area contributed by atoms with Gasteiger partial charge in [0.25, 0.3) is 5.91 Å². The number of fused-ring (bicyclic) bond motifs is 2. The van der Waals surface area contributed by atoms with Gasteiger partial charge < -0.3 is 18.9 Å². The summed E-state index contributed by atoms with van der Waals surface area (Å²) in [6.07, 6.45) is 1.25. The van der Waals surface area contributed by atoms with Crippen LogP contribution in [0.3, 0.4) is 0 Å². The molecule has 1 aromatic carbocycles. The zero-order valence-electron chi connectivity index (χ0n) is 15.3. The first-order valence-electron chi connectivity index (χ1n) is 9.11. The third-order valence-corrected chi connectivity index (χ3v) is 5.21. The molecule has 0 saturated carbocycles. The second-order valence-corrected chi connectivity index (χ2v) is 6.94. The second-order valence-electron chi connectivity index (χ2n) is 6.94. The van der Waals surface area contributed by atoms with Crippen LogP contribution in [-0.4, -0.2) is 53.0 Å². The summed E-state index contributed by atoms with van der Waals surface area (Å²) >= 11 is 0. The molecule has 0 radical (unpaired) electrons. The van der Waals surface area contributed by atoms with Crippen LogP contribution < -0.4 is 9.47 Å². The molecule has 3 aliphatic heterocycles. The highest BCUT2D eigenvalue weighted by Crippen LogP contribution is 2.38. The molecular formula is C19H18N4O5. The first-order valence-corrected chi connectivity index (χ1v) is 9.11. The molecule has 2 amide bonds. The Labute approximate surface area is 160 Å². The van der Waals surface area contributed by atoms with Crippen LogP contribution in [0.5, 0.6) is 11.5 Å². The number of hydrogen-bond acceptors (Lipinski definition) is 7. The SMILES string of the molecule is CN1N=C(C(=O)N2CCc3onc(-c4ccc5c(c4)OCO5)c3C2)CCC1=O. The first-order chi connectivity index (χ1) is 13.6. The van der Waals surface area contributed by atoms with Crippen molar-refractivity contribution in [2.75, 3.05) is 20.4 Å². The van der Waals surface area contributed by atoms with Crippen LogP contribution in [0.2, 0.25) is 0 Å². The van der Waals surface area contributed by atoms with Crippen LogP contribution in [0, 0.1) is 0 Å². The Hall–Kier alpha value is -3.36. The van der Waals surface area contributed by atoms with Crippen LogP contribution in [0.4, 0.5) is 0 Å². The van der Waals surface area contributed by atoms with Crippen molar-refractivity contribution in [1.82, 2.24) is 15.1 Å². The van der Waals surface area contributed by atoms with Crippen molar-refractivity contribution in [3.8, 4) is 22.8 Å². The minimum absolute atomic E-state index is 0.0818. The monoisotopic (exact) mass is 382 g/mol. The summed E-state index contributed by atoms with van der Waals surface area (Å²) in [7, 11) is 1.57. The highest BCUT2D eigenvalue weighted by atomic mass is 16.7. The van der Waals surface area contributed by atoms with E-state index in [0.717, 1.165) is 16.9 Å². The Morgan fingerprint density at radius 3 is 2.86 bits per heavy atom. The molecule has 0 unspecified atom stereocenters. The molecule has 3 aliphatic rings. The van der Waals surface area contributed by atoms with E-state index in [0.29, 0.717) is 55.3 Å². The molecule has 144 valence electrons. The van der Waals surface area contributed by atoms with E-state index in [4.69, 9.17) is 14.0 Å². The smallest absolute Gasteiger partial charge is 0.270 e. The predicted octanol–water partition coefficient (Wildman–Crippen LogP) is 1.56. The van der Waals surface area contributed by atoms with Gasteiger partial charge in [0.2, 0.25) is 12.7 Å². The molecule has 0 bridgehead atoms. The number of ether oxygens (including phenoxy) is 2. The fourth-order valence-electron chi connectivity index (χ4n) is 3.66. The molecule has 2 aromatic rings. The lowest BCUT2D eigenvalue weighted by molar-refractivity contribution is -0.130. The van der Waals surface area contributed by atoms with Gasteiger partial charge in [0, 0.05) is 44.0 Å². The first kappa shape index (κ1) is 16.8. The summed E-state index contributed by atoms with van der Waals surface area (Å²) in [4.78, 5) is 26.2. The lowest BCUT2D eigenvalue weighted by Crippen LogP contribution is -2.42. The van der Waals surface area contributed by atoms with Gasteiger partial charge in [-0.2, -0.15) is 5.10 Å². The maximum Gasteiger partial charge on any atom is 0.270 e. The van der Waals surface area contributed by atoms with Crippen LogP contribution >= 0.6 is 0 Å². The van der Waals surface area contributed by atoms with Gasteiger partial charge in [-0.05, 0) is 18.2 Å². The molecule has 1 aromatic heterocycles.